The molecule has 2 N–H and O–H groups in total. The SMILES string of the molecule is CCCn1cc(Oc2ccc(CCN)cc2Br)cn1. The molecule has 0 aliphatic heterocycles. The summed E-state index contributed by atoms with van der Waals surface area (Å²) in [5.41, 5.74) is 6.74. The molecule has 0 aliphatic carbocycles. The zero-order chi connectivity index (χ0) is 13.7. The normalized spacial score (nSPS) is 10.7. The molecule has 1 aromatic carbocycles. The van der Waals surface area contributed by atoms with Gasteiger partial charge in [-0.15, -0.1) is 0 Å². The van der Waals surface area contributed by atoms with Crippen molar-refractivity contribution in [1.82, 2.24) is 9.78 Å². The molecule has 4 nitrogen and oxygen atoms in total. The third-order valence-corrected chi connectivity index (χ3v) is 3.34. The highest BCUT2D eigenvalue weighted by Gasteiger charge is 2.06. The van der Waals surface area contributed by atoms with E-state index in [1.165, 1.54) is 5.56 Å². The van der Waals surface area contributed by atoms with Gasteiger partial charge in [0.25, 0.3) is 0 Å². The van der Waals surface area contributed by atoms with Crippen LogP contribution in [0.3, 0.4) is 0 Å². The van der Waals surface area contributed by atoms with E-state index >= 15 is 0 Å². The smallest absolute Gasteiger partial charge is 0.165 e. The van der Waals surface area contributed by atoms with Gasteiger partial charge in [0.15, 0.2) is 5.75 Å². The fraction of sp³-hybridized carbons (Fsp3) is 0.357. The van der Waals surface area contributed by atoms with Crippen LogP contribution in [-0.4, -0.2) is 16.3 Å². The van der Waals surface area contributed by atoms with Crippen LogP contribution in [0.15, 0.2) is 35.1 Å². The molecule has 1 aromatic heterocycles. The summed E-state index contributed by atoms with van der Waals surface area (Å²) in [5.74, 6) is 1.54. The summed E-state index contributed by atoms with van der Waals surface area (Å²) in [4.78, 5) is 0. The minimum absolute atomic E-state index is 0.649. The Morgan fingerprint density at radius 1 is 1.42 bits per heavy atom. The van der Waals surface area contributed by atoms with E-state index in [1.54, 1.807) is 6.20 Å². The van der Waals surface area contributed by atoms with Crippen LogP contribution in [0.5, 0.6) is 11.5 Å². The third-order valence-electron chi connectivity index (χ3n) is 2.72. The minimum atomic E-state index is 0.649. The Bertz CT molecular complexity index is 539. The molecule has 2 rings (SSSR count). The maximum atomic E-state index is 5.81. The lowest BCUT2D eigenvalue weighted by atomic mass is 10.1. The summed E-state index contributed by atoms with van der Waals surface area (Å²) in [7, 11) is 0. The average molecular weight is 324 g/mol. The first-order valence-electron chi connectivity index (χ1n) is 6.41. The van der Waals surface area contributed by atoms with Gasteiger partial charge in [0.1, 0.15) is 5.75 Å². The number of aryl methyl sites for hydroxylation is 1. The number of benzene rings is 1. The second-order valence-corrected chi connectivity index (χ2v) is 5.20. The molecular weight excluding hydrogens is 306 g/mol. The molecule has 0 saturated carbocycles. The lowest BCUT2D eigenvalue weighted by molar-refractivity contribution is 0.477. The van der Waals surface area contributed by atoms with Crippen LogP contribution < -0.4 is 10.5 Å². The van der Waals surface area contributed by atoms with Crippen LogP contribution in [-0.2, 0) is 13.0 Å². The van der Waals surface area contributed by atoms with Gasteiger partial charge in [-0.05, 0) is 53.0 Å². The van der Waals surface area contributed by atoms with Crippen LogP contribution in [0.2, 0.25) is 0 Å². The molecule has 0 fully saturated rings. The summed E-state index contributed by atoms with van der Waals surface area (Å²) in [6, 6.07) is 6.02. The van der Waals surface area contributed by atoms with Crippen molar-refractivity contribution in [2.45, 2.75) is 26.3 Å². The maximum absolute atomic E-state index is 5.81. The van der Waals surface area contributed by atoms with Crippen molar-refractivity contribution in [2.24, 2.45) is 5.73 Å². The molecule has 0 bridgehead atoms. The number of aromatic nitrogens is 2. The number of hydrogen-bond acceptors (Lipinski definition) is 3. The second-order valence-electron chi connectivity index (χ2n) is 4.34. The van der Waals surface area contributed by atoms with E-state index in [0.29, 0.717) is 6.54 Å². The fourth-order valence-electron chi connectivity index (χ4n) is 1.82. The summed E-state index contributed by atoms with van der Waals surface area (Å²) in [6.45, 7) is 3.67. The van der Waals surface area contributed by atoms with Crippen LogP contribution in [0.25, 0.3) is 0 Å². The lowest BCUT2D eigenvalue weighted by Crippen LogP contribution is -2.02. The molecule has 1 heterocycles. The molecule has 0 saturated heterocycles. The van der Waals surface area contributed by atoms with Crippen LogP contribution >= 0.6 is 15.9 Å². The van der Waals surface area contributed by atoms with E-state index in [0.717, 1.165) is 35.4 Å². The maximum Gasteiger partial charge on any atom is 0.165 e. The number of nitrogens with two attached hydrogens (primary N) is 1. The van der Waals surface area contributed by atoms with Crippen LogP contribution in [0.4, 0.5) is 0 Å². The highest BCUT2D eigenvalue weighted by atomic mass is 79.9. The van der Waals surface area contributed by atoms with Gasteiger partial charge in [-0.25, -0.2) is 0 Å². The second kappa shape index (κ2) is 6.73. The molecule has 0 amide bonds. The van der Waals surface area contributed by atoms with Crippen LogP contribution in [0.1, 0.15) is 18.9 Å². The average Bonchev–Trinajstić information content (AvgIpc) is 2.81. The monoisotopic (exact) mass is 323 g/mol. The molecule has 0 unspecified atom stereocenters. The largest absolute Gasteiger partial charge is 0.453 e. The Morgan fingerprint density at radius 3 is 2.95 bits per heavy atom. The summed E-state index contributed by atoms with van der Waals surface area (Å²) >= 11 is 3.52. The third kappa shape index (κ3) is 3.81. The summed E-state index contributed by atoms with van der Waals surface area (Å²) in [5, 5.41) is 4.24. The van der Waals surface area contributed by atoms with E-state index in [1.807, 2.05) is 29.1 Å². The Kier molecular flexibility index (Phi) is 4.99. The van der Waals surface area contributed by atoms with Crippen molar-refractivity contribution in [3.63, 3.8) is 0 Å². The van der Waals surface area contributed by atoms with Gasteiger partial charge in [0.2, 0.25) is 0 Å². The van der Waals surface area contributed by atoms with E-state index in [2.05, 4.69) is 28.0 Å². The van der Waals surface area contributed by atoms with E-state index < -0.39 is 0 Å². The van der Waals surface area contributed by atoms with Crippen LogP contribution in [0, 0.1) is 0 Å². The molecule has 2 aromatic rings. The summed E-state index contributed by atoms with van der Waals surface area (Å²) < 4.78 is 8.62. The van der Waals surface area contributed by atoms with Crippen molar-refractivity contribution < 1.29 is 4.74 Å². The zero-order valence-electron chi connectivity index (χ0n) is 11.0. The molecule has 0 aliphatic rings. The topological polar surface area (TPSA) is 53.1 Å². The van der Waals surface area contributed by atoms with Gasteiger partial charge in [0.05, 0.1) is 16.9 Å². The molecular formula is C14H18BrN3O. The fourth-order valence-corrected chi connectivity index (χ4v) is 2.33. The molecule has 0 atom stereocenters. The van der Waals surface area contributed by atoms with Gasteiger partial charge in [-0.2, -0.15) is 5.10 Å². The van der Waals surface area contributed by atoms with E-state index in [-0.39, 0.29) is 0 Å². The van der Waals surface area contributed by atoms with Crippen molar-refractivity contribution in [3.8, 4) is 11.5 Å². The highest BCUT2D eigenvalue weighted by molar-refractivity contribution is 9.10. The minimum Gasteiger partial charge on any atom is -0.453 e. The first-order valence-corrected chi connectivity index (χ1v) is 7.21. The van der Waals surface area contributed by atoms with Gasteiger partial charge in [0, 0.05) is 6.54 Å². The number of nitrogens with zero attached hydrogens (tertiary/aromatic N) is 2. The van der Waals surface area contributed by atoms with Gasteiger partial charge in [-0.3, -0.25) is 4.68 Å². The first kappa shape index (κ1) is 14.1. The van der Waals surface area contributed by atoms with Gasteiger partial charge in [-0.1, -0.05) is 13.0 Å². The van der Waals surface area contributed by atoms with Gasteiger partial charge < -0.3 is 10.5 Å². The van der Waals surface area contributed by atoms with Crippen molar-refractivity contribution in [2.75, 3.05) is 6.54 Å². The Morgan fingerprint density at radius 2 is 2.26 bits per heavy atom. The molecule has 0 spiro atoms. The van der Waals surface area contributed by atoms with E-state index in [4.69, 9.17) is 10.5 Å². The highest BCUT2D eigenvalue weighted by Crippen LogP contribution is 2.30. The quantitative estimate of drug-likeness (QED) is 0.886. The molecule has 102 valence electrons. The van der Waals surface area contributed by atoms with Crippen molar-refractivity contribution in [3.05, 3.63) is 40.6 Å². The van der Waals surface area contributed by atoms with Crippen molar-refractivity contribution >= 4 is 15.9 Å². The lowest BCUT2D eigenvalue weighted by Gasteiger charge is -2.07. The first-order chi connectivity index (χ1) is 9.22. The standard InChI is InChI=1S/C14H18BrN3O/c1-2-7-18-10-12(9-17-18)19-14-4-3-11(5-6-16)8-13(14)15/h3-4,8-10H,2,5-7,16H2,1H3. The number of rotatable bonds is 6. The number of halogens is 1. The number of ether oxygens (including phenoxy) is 1. The molecule has 0 radical (unpaired) electrons. The van der Waals surface area contributed by atoms with Gasteiger partial charge >= 0.3 is 0 Å². The Balaban J connectivity index is 2.09. The predicted octanol–water partition coefficient (Wildman–Crippen LogP) is 3.35. The molecule has 19 heavy (non-hydrogen) atoms. The Hall–Kier alpha value is -1.33. The molecule has 5 heteroatoms. The number of hydrogen-bond donors (Lipinski definition) is 1. The van der Waals surface area contributed by atoms with E-state index in [9.17, 15) is 0 Å². The Labute approximate surface area is 121 Å². The predicted molar refractivity (Wildman–Crippen MR) is 79.5 cm³/mol. The zero-order valence-corrected chi connectivity index (χ0v) is 12.6. The summed E-state index contributed by atoms with van der Waals surface area (Å²) in [6.07, 6.45) is 5.56. The van der Waals surface area contributed by atoms with Crippen molar-refractivity contribution in [1.29, 1.82) is 0 Å².